The van der Waals surface area contributed by atoms with E-state index < -0.39 is 5.97 Å². The van der Waals surface area contributed by atoms with Crippen LogP contribution >= 0.6 is 0 Å². The molecule has 0 fully saturated rings. The topological polar surface area (TPSA) is 82.5 Å². The first-order chi connectivity index (χ1) is 12.1. The number of aliphatic carboxylic acids is 1. The lowest BCUT2D eigenvalue weighted by Gasteiger charge is -2.29. The Morgan fingerprint density at radius 1 is 1.32 bits per heavy atom. The largest absolute Gasteiger partial charge is 0.481 e. The van der Waals surface area contributed by atoms with Crippen LogP contribution in [0.25, 0.3) is 10.9 Å². The first-order valence-electron chi connectivity index (χ1n) is 8.73. The van der Waals surface area contributed by atoms with Crippen LogP contribution in [0, 0.1) is 0 Å². The molecule has 6 nitrogen and oxygen atoms in total. The number of para-hydroxylation sites is 1. The maximum atomic E-state index is 12.9. The summed E-state index contributed by atoms with van der Waals surface area (Å²) in [5.41, 5.74) is 3.53. The molecule has 2 aromatic rings. The van der Waals surface area contributed by atoms with Crippen molar-refractivity contribution in [2.24, 2.45) is 0 Å². The summed E-state index contributed by atoms with van der Waals surface area (Å²) in [4.78, 5) is 30.6. The minimum absolute atomic E-state index is 0.0547. The predicted molar refractivity (Wildman–Crippen MR) is 95.6 cm³/mol. The number of aromatic nitrogens is 1. The average Bonchev–Trinajstić information content (AvgIpc) is 2.62. The molecular formula is C19H23N3O3. The van der Waals surface area contributed by atoms with Crippen molar-refractivity contribution in [1.29, 1.82) is 0 Å². The highest BCUT2D eigenvalue weighted by Crippen LogP contribution is 2.28. The smallest absolute Gasteiger partial charge is 0.303 e. The summed E-state index contributed by atoms with van der Waals surface area (Å²) in [6, 6.07) is 7.71. The Kier molecular flexibility index (Phi) is 5.28. The van der Waals surface area contributed by atoms with Gasteiger partial charge in [0.25, 0.3) is 5.91 Å². The molecule has 1 aromatic heterocycles. The van der Waals surface area contributed by atoms with Crippen LogP contribution in [0.2, 0.25) is 0 Å². The monoisotopic (exact) mass is 341 g/mol. The molecule has 0 aliphatic carbocycles. The molecule has 2 N–H and O–H groups in total. The van der Waals surface area contributed by atoms with Crippen LogP contribution < -0.4 is 5.32 Å². The van der Waals surface area contributed by atoms with Crippen molar-refractivity contribution in [3.8, 4) is 0 Å². The lowest BCUT2D eigenvalue weighted by atomic mass is 9.95. The fourth-order valence-electron chi connectivity index (χ4n) is 3.31. The molecule has 132 valence electrons. The maximum absolute atomic E-state index is 12.9. The van der Waals surface area contributed by atoms with Gasteiger partial charge in [-0.25, -0.2) is 0 Å². The van der Waals surface area contributed by atoms with Gasteiger partial charge in [-0.2, -0.15) is 0 Å². The number of amides is 1. The number of carbonyl (C=O) groups excluding carboxylic acids is 1. The van der Waals surface area contributed by atoms with Crippen molar-refractivity contribution in [1.82, 2.24) is 15.2 Å². The second-order valence-corrected chi connectivity index (χ2v) is 6.30. The standard InChI is InChI=1S/C19H23N3O3/c1-2-22-11-9-16-14(12-22)18(13-6-3-4-7-15(13)21-16)19(25)20-10-5-8-17(23)24/h3-4,6-7H,2,5,8-12H2,1H3,(H,20,25)(H,23,24). The highest BCUT2D eigenvalue weighted by molar-refractivity contribution is 6.07. The molecule has 0 bridgehead atoms. The van der Waals surface area contributed by atoms with Crippen molar-refractivity contribution in [3.63, 3.8) is 0 Å². The van der Waals surface area contributed by atoms with Crippen molar-refractivity contribution in [3.05, 3.63) is 41.1 Å². The zero-order valence-electron chi connectivity index (χ0n) is 14.4. The molecule has 0 saturated heterocycles. The summed E-state index contributed by atoms with van der Waals surface area (Å²) in [7, 11) is 0. The van der Waals surface area contributed by atoms with Gasteiger partial charge in [0.05, 0.1) is 11.1 Å². The van der Waals surface area contributed by atoms with Gasteiger partial charge in [-0.05, 0) is 19.0 Å². The second-order valence-electron chi connectivity index (χ2n) is 6.30. The van der Waals surface area contributed by atoms with Gasteiger partial charge in [-0.3, -0.25) is 19.5 Å². The summed E-state index contributed by atoms with van der Waals surface area (Å²) in [6.45, 7) is 5.08. The van der Waals surface area contributed by atoms with Crippen LogP contribution in [0.4, 0.5) is 0 Å². The lowest BCUT2D eigenvalue weighted by Crippen LogP contribution is -2.34. The summed E-state index contributed by atoms with van der Waals surface area (Å²) in [5.74, 6) is -0.988. The Morgan fingerprint density at radius 2 is 2.12 bits per heavy atom. The number of hydrogen-bond donors (Lipinski definition) is 2. The molecule has 1 aliphatic rings. The average molecular weight is 341 g/mol. The van der Waals surface area contributed by atoms with Crippen molar-refractivity contribution in [2.75, 3.05) is 19.6 Å². The molecule has 3 rings (SSSR count). The van der Waals surface area contributed by atoms with Gasteiger partial charge in [0.2, 0.25) is 0 Å². The van der Waals surface area contributed by atoms with E-state index >= 15 is 0 Å². The van der Waals surface area contributed by atoms with Crippen molar-refractivity contribution in [2.45, 2.75) is 32.7 Å². The third-order valence-corrected chi connectivity index (χ3v) is 4.65. The number of nitrogens with one attached hydrogen (secondary N) is 1. The Bertz CT molecular complexity index is 804. The highest BCUT2D eigenvalue weighted by Gasteiger charge is 2.25. The minimum Gasteiger partial charge on any atom is -0.481 e. The molecule has 25 heavy (non-hydrogen) atoms. The van der Waals surface area contributed by atoms with E-state index in [4.69, 9.17) is 10.1 Å². The zero-order valence-corrected chi connectivity index (χ0v) is 14.4. The summed E-state index contributed by atoms with van der Waals surface area (Å²) in [5, 5.41) is 12.5. The van der Waals surface area contributed by atoms with Gasteiger partial charge in [0.1, 0.15) is 0 Å². The van der Waals surface area contributed by atoms with Crippen LogP contribution in [0.1, 0.15) is 41.4 Å². The SMILES string of the molecule is CCN1CCc2nc3ccccc3c(C(=O)NCCCC(=O)O)c2C1. The third-order valence-electron chi connectivity index (χ3n) is 4.65. The van der Waals surface area contributed by atoms with Crippen LogP contribution in [0.3, 0.4) is 0 Å². The van der Waals surface area contributed by atoms with E-state index in [1.54, 1.807) is 0 Å². The molecule has 0 atom stereocenters. The van der Waals surface area contributed by atoms with E-state index in [9.17, 15) is 9.59 Å². The summed E-state index contributed by atoms with van der Waals surface area (Å²) >= 11 is 0. The Morgan fingerprint density at radius 3 is 2.88 bits per heavy atom. The van der Waals surface area contributed by atoms with E-state index in [2.05, 4.69) is 17.1 Å². The number of carbonyl (C=O) groups is 2. The molecule has 1 amide bonds. The molecule has 0 spiro atoms. The molecular weight excluding hydrogens is 318 g/mol. The van der Waals surface area contributed by atoms with Crippen LogP contribution in [0.5, 0.6) is 0 Å². The first-order valence-corrected chi connectivity index (χ1v) is 8.73. The zero-order chi connectivity index (χ0) is 17.8. The molecule has 2 heterocycles. The number of carboxylic acids is 1. The van der Waals surface area contributed by atoms with E-state index in [1.807, 2.05) is 24.3 Å². The molecule has 1 aromatic carbocycles. The van der Waals surface area contributed by atoms with Crippen LogP contribution in [-0.2, 0) is 17.8 Å². The molecule has 0 saturated carbocycles. The van der Waals surface area contributed by atoms with Gasteiger partial charge < -0.3 is 10.4 Å². The normalized spacial score (nSPS) is 14.3. The summed E-state index contributed by atoms with van der Waals surface area (Å²) < 4.78 is 0. The first kappa shape index (κ1) is 17.4. The third kappa shape index (κ3) is 3.79. The fourth-order valence-corrected chi connectivity index (χ4v) is 3.31. The minimum atomic E-state index is -0.848. The van der Waals surface area contributed by atoms with Gasteiger partial charge >= 0.3 is 5.97 Å². The van der Waals surface area contributed by atoms with Crippen molar-refractivity contribution < 1.29 is 14.7 Å². The number of carboxylic acid groups (broad SMARTS) is 1. The fraction of sp³-hybridized carbons (Fsp3) is 0.421. The van der Waals surface area contributed by atoms with E-state index in [0.29, 0.717) is 18.5 Å². The van der Waals surface area contributed by atoms with Gasteiger partial charge in [0, 0.05) is 49.1 Å². The maximum Gasteiger partial charge on any atom is 0.303 e. The number of nitrogens with zero attached hydrogens (tertiary/aromatic N) is 2. The summed E-state index contributed by atoms with van der Waals surface area (Å²) in [6.07, 6.45) is 1.32. The Balaban J connectivity index is 1.94. The van der Waals surface area contributed by atoms with E-state index in [1.165, 1.54) is 0 Å². The van der Waals surface area contributed by atoms with E-state index in [-0.39, 0.29) is 12.3 Å². The van der Waals surface area contributed by atoms with Crippen molar-refractivity contribution >= 4 is 22.8 Å². The Hall–Kier alpha value is -2.47. The number of benzene rings is 1. The second kappa shape index (κ2) is 7.61. The van der Waals surface area contributed by atoms with Gasteiger partial charge in [-0.1, -0.05) is 25.1 Å². The number of pyridine rings is 1. The highest BCUT2D eigenvalue weighted by atomic mass is 16.4. The Labute approximate surface area is 146 Å². The number of likely N-dealkylation sites (N-methyl/N-ethyl adjacent to an activating group) is 1. The van der Waals surface area contributed by atoms with Crippen LogP contribution in [0.15, 0.2) is 24.3 Å². The molecule has 0 radical (unpaired) electrons. The van der Waals surface area contributed by atoms with Gasteiger partial charge in [0.15, 0.2) is 0 Å². The van der Waals surface area contributed by atoms with E-state index in [0.717, 1.165) is 48.2 Å². The number of hydrogen-bond acceptors (Lipinski definition) is 4. The lowest BCUT2D eigenvalue weighted by molar-refractivity contribution is -0.137. The van der Waals surface area contributed by atoms with Gasteiger partial charge in [-0.15, -0.1) is 0 Å². The molecule has 6 heteroatoms. The predicted octanol–water partition coefficient (Wildman–Crippen LogP) is 2.21. The quantitative estimate of drug-likeness (QED) is 0.787. The number of rotatable bonds is 6. The molecule has 0 unspecified atom stereocenters. The molecule has 1 aliphatic heterocycles. The number of fused-ring (bicyclic) bond motifs is 2. The van der Waals surface area contributed by atoms with Crippen LogP contribution in [-0.4, -0.2) is 46.5 Å².